The Hall–Kier alpha value is -1.53. The maximum absolute atomic E-state index is 5.58. The lowest BCUT2D eigenvalue weighted by molar-refractivity contribution is 0.355. The van der Waals surface area contributed by atoms with Crippen molar-refractivity contribution in [2.75, 3.05) is 14.2 Å². The predicted octanol–water partition coefficient (Wildman–Crippen LogP) is 6.24. The van der Waals surface area contributed by atoms with Gasteiger partial charge >= 0.3 is 0 Å². The van der Waals surface area contributed by atoms with Gasteiger partial charge in [-0.1, -0.05) is 53.7 Å². The molecule has 0 saturated heterocycles. The smallest absolute Gasteiger partial charge is 0.161 e. The average molecular weight is 372 g/mol. The van der Waals surface area contributed by atoms with E-state index >= 15 is 0 Å². The molecular formula is C23H33O2P. The van der Waals surface area contributed by atoms with E-state index in [1.807, 2.05) is 6.07 Å². The molecule has 0 radical (unpaired) electrons. The Morgan fingerprint density at radius 1 is 0.692 bits per heavy atom. The van der Waals surface area contributed by atoms with Gasteiger partial charge in [0.15, 0.2) is 11.5 Å². The van der Waals surface area contributed by atoms with Crippen LogP contribution in [0.25, 0.3) is 11.1 Å². The SMILES string of the molecule is COc1cc(P)c(-c2c(C(C)C)cc(C(C)C)cc2C(C)C)cc1OC. The first-order valence-corrected chi connectivity index (χ1v) is 9.98. The van der Waals surface area contributed by atoms with E-state index in [9.17, 15) is 0 Å². The molecule has 0 amide bonds. The fourth-order valence-corrected chi connectivity index (χ4v) is 3.76. The Labute approximate surface area is 161 Å². The van der Waals surface area contributed by atoms with E-state index in [-0.39, 0.29) is 0 Å². The van der Waals surface area contributed by atoms with Gasteiger partial charge in [-0.05, 0) is 63.0 Å². The van der Waals surface area contributed by atoms with Crippen LogP contribution >= 0.6 is 9.24 Å². The van der Waals surface area contributed by atoms with Crippen molar-refractivity contribution >= 4 is 14.5 Å². The molecule has 1 atom stereocenters. The Morgan fingerprint density at radius 3 is 1.54 bits per heavy atom. The molecule has 0 spiro atoms. The molecule has 142 valence electrons. The molecule has 2 rings (SSSR count). The number of hydrogen-bond donors (Lipinski definition) is 0. The Kier molecular flexibility index (Phi) is 6.74. The first kappa shape index (κ1) is 20.8. The zero-order valence-corrected chi connectivity index (χ0v) is 18.6. The lowest BCUT2D eigenvalue weighted by Crippen LogP contribution is -2.08. The van der Waals surface area contributed by atoms with Crippen LogP contribution in [0.2, 0.25) is 0 Å². The second kappa shape index (κ2) is 8.44. The van der Waals surface area contributed by atoms with Crippen molar-refractivity contribution in [1.29, 1.82) is 0 Å². The highest BCUT2D eigenvalue weighted by Crippen LogP contribution is 2.41. The van der Waals surface area contributed by atoms with Crippen molar-refractivity contribution in [3.8, 4) is 22.6 Å². The Bertz CT molecular complexity index is 747. The summed E-state index contributed by atoms with van der Waals surface area (Å²) in [5, 5.41) is 1.13. The van der Waals surface area contributed by atoms with Gasteiger partial charge in [0.2, 0.25) is 0 Å². The van der Waals surface area contributed by atoms with Crippen LogP contribution in [0.3, 0.4) is 0 Å². The van der Waals surface area contributed by atoms with Gasteiger partial charge in [-0.2, -0.15) is 0 Å². The molecule has 3 heteroatoms. The summed E-state index contributed by atoms with van der Waals surface area (Å²) in [6, 6.07) is 8.93. The molecule has 0 heterocycles. The van der Waals surface area contributed by atoms with E-state index in [0.29, 0.717) is 17.8 Å². The van der Waals surface area contributed by atoms with E-state index < -0.39 is 0 Å². The summed E-state index contributed by atoms with van der Waals surface area (Å²) >= 11 is 0. The minimum Gasteiger partial charge on any atom is -0.493 e. The summed E-state index contributed by atoms with van der Waals surface area (Å²) in [7, 11) is 6.24. The number of benzene rings is 2. The zero-order valence-electron chi connectivity index (χ0n) is 17.4. The third kappa shape index (κ3) is 4.07. The van der Waals surface area contributed by atoms with Crippen molar-refractivity contribution < 1.29 is 9.47 Å². The van der Waals surface area contributed by atoms with Gasteiger partial charge in [0.05, 0.1) is 14.2 Å². The molecule has 1 unspecified atom stereocenters. The van der Waals surface area contributed by atoms with Gasteiger partial charge in [0, 0.05) is 0 Å². The molecule has 26 heavy (non-hydrogen) atoms. The third-order valence-electron chi connectivity index (χ3n) is 4.96. The van der Waals surface area contributed by atoms with Crippen LogP contribution in [0.5, 0.6) is 11.5 Å². The molecule has 0 aromatic heterocycles. The fraction of sp³-hybridized carbons (Fsp3) is 0.478. The minimum absolute atomic E-state index is 0.443. The molecule has 2 aromatic rings. The summed E-state index contributed by atoms with van der Waals surface area (Å²) in [6.45, 7) is 13.6. The molecule has 0 fully saturated rings. The van der Waals surface area contributed by atoms with Gasteiger partial charge in [0.25, 0.3) is 0 Å². The normalized spacial score (nSPS) is 11.5. The molecule has 0 aliphatic heterocycles. The highest BCUT2D eigenvalue weighted by molar-refractivity contribution is 7.28. The van der Waals surface area contributed by atoms with Crippen LogP contribution in [0.1, 0.15) is 76.0 Å². The van der Waals surface area contributed by atoms with Gasteiger partial charge < -0.3 is 9.47 Å². The average Bonchev–Trinajstić information content (AvgIpc) is 2.59. The van der Waals surface area contributed by atoms with E-state index in [2.05, 4.69) is 69.0 Å². The zero-order chi connectivity index (χ0) is 19.6. The summed E-state index contributed by atoms with van der Waals surface area (Å²) in [6.07, 6.45) is 0. The second-order valence-corrected chi connectivity index (χ2v) is 8.45. The van der Waals surface area contributed by atoms with Crippen molar-refractivity contribution in [2.24, 2.45) is 0 Å². The Balaban J connectivity index is 2.87. The number of methoxy groups -OCH3 is 2. The molecule has 2 aromatic carbocycles. The fourth-order valence-electron chi connectivity index (χ4n) is 3.38. The van der Waals surface area contributed by atoms with Crippen LogP contribution in [-0.4, -0.2) is 14.2 Å². The second-order valence-electron chi connectivity index (χ2n) is 7.83. The van der Waals surface area contributed by atoms with Crippen LogP contribution in [-0.2, 0) is 0 Å². The topological polar surface area (TPSA) is 18.5 Å². The predicted molar refractivity (Wildman–Crippen MR) is 117 cm³/mol. The maximum atomic E-state index is 5.58. The van der Waals surface area contributed by atoms with E-state index in [0.717, 1.165) is 16.8 Å². The standard InChI is InChI=1S/C23H33O2P/c1-13(2)16-9-17(14(3)4)23(18(10-16)15(5)6)19-11-20(24-7)21(25-8)12-22(19)26/h9-15H,26H2,1-8H3. The molecule has 0 N–H and O–H groups in total. The number of hydrogen-bond acceptors (Lipinski definition) is 2. The Morgan fingerprint density at radius 2 is 1.15 bits per heavy atom. The number of rotatable bonds is 6. The summed E-state index contributed by atoms with van der Waals surface area (Å²) in [5.74, 6) is 2.93. The molecule has 0 bridgehead atoms. The summed E-state index contributed by atoms with van der Waals surface area (Å²) in [4.78, 5) is 0. The van der Waals surface area contributed by atoms with Crippen LogP contribution < -0.4 is 14.8 Å². The van der Waals surface area contributed by atoms with Crippen LogP contribution in [0.4, 0.5) is 0 Å². The number of ether oxygens (including phenoxy) is 2. The largest absolute Gasteiger partial charge is 0.493 e. The van der Waals surface area contributed by atoms with E-state index in [4.69, 9.17) is 9.47 Å². The van der Waals surface area contributed by atoms with Crippen molar-refractivity contribution in [3.05, 3.63) is 41.0 Å². The summed E-state index contributed by atoms with van der Waals surface area (Å²) < 4.78 is 11.1. The maximum Gasteiger partial charge on any atom is 0.161 e. The first-order valence-electron chi connectivity index (χ1n) is 9.40. The molecular weight excluding hydrogens is 339 g/mol. The molecule has 0 aliphatic carbocycles. The highest BCUT2D eigenvalue weighted by Gasteiger charge is 2.21. The van der Waals surface area contributed by atoms with Crippen LogP contribution in [0, 0.1) is 0 Å². The van der Waals surface area contributed by atoms with Crippen molar-refractivity contribution in [1.82, 2.24) is 0 Å². The van der Waals surface area contributed by atoms with Gasteiger partial charge in [-0.25, -0.2) is 0 Å². The quantitative estimate of drug-likeness (QED) is 0.559. The molecule has 0 aliphatic rings. The monoisotopic (exact) mass is 372 g/mol. The van der Waals surface area contributed by atoms with Crippen molar-refractivity contribution in [3.63, 3.8) is 0 Å². The van der Waals surface area contributed by atoms with Crippen molar-refractivity contribution in [2.45, 2.75) is 59.3 Å². The van der Waals surface area contributed by atoms with Gasteiger partial charge in [0.1, 0.15) is 0 Å². The lowest BCUT2D eigenvalue weighted by atomic mass is 9.81. The molecule has 0 saturated carbocycles. The molecule has 2 nitrogen and oxygen atoms in total. The first-order chi connectivity index (χ1) is 12.2. The van der Waals surface area contributed by atoms with Gasteiger partial charge in [-0.3, -0.25) is 0 Å². The van der Waals surface area contributed by atoms with E-state index in [1.165, 1.54) is 27.8 Å². The summed E-state index contributed by atoms with van der Waals surface area (Å²) in [5.41, 5.74) is 6.75. The van der Waals surface area contributed by atoms with Gasteiger partial charge in [-0.15, -0.1) is 9.24 Å². The highest BCUT2D eigenvalue weighted by atomic mass is 31.0. The minimum atomic E-state index is 0.443. The van der Waals surface area contributed by atoms with E-state index in [1.54, 1.807) is 14.2 Å². The lowest BCUT2D eigenvalue weighted by Gasteiger charge is -2.25. The van der Waals surface area contributed by atoms with Crippen LogP contribution in [0.15, 0.2) is 24.3 Å². The third-order valence-corrected chi connectivity index (χ3v) is 5.44.